The molecule has 0 saturated heterocycles. The van der Waals surface area contributed by atoms with Gasteiger partial charge in [0.15, 0.2) is 0 Å². The van der Waals surface area contributed by atoms with Gasteiger partial charge in [0.25, 0.3) is 0 Å². The highest BCUT2D eigenvalue weighted by molar-refractivity contribution is 6.32. The van der Waals surface area contributed by atoms with Crippen LogP contribution >= 0.6 is 11.6 Å². The predicted octanol–water partition coefficient (Wildman–Crippen LogP) is 2.67. The molecule has 0 spiro atoms. The van der Waals surface area contributed by atoms with Crippen molar-refractivity contribution in [2.45, 2.75) is 32.2 Å². The fraction of sp³-hybridized carbons (Fsp3) is 0.700. The summed E-state index contributed by atoms with van der Waals surface area (Å²) in [6, 6.07) is 0.576. The molecule has 0 bridgehead atoms. The Kier molecular flexibility index (Phi) is 2.68. The third-order valence-corrected chi connectivity index (χ3v) is 3.37. The zero-order valence-corrected chi connectivity index (χ0v) is 9.38. The second kappa shape index (κ2) is 3.81. The molecule has 1 aromatic rings. The van der Waals surface area contributed by atoms with E-state index in [2.05, 4.69) is 17.3 Å². The zero-order valence-electron chi connectivity index (χ0n) is 8.63. The number of aryl methyl sites for hydroxylation is 1. The van der Waals surface area contributed by atoms with Crippen molar-refractivity contribution in [3.63, 3.8) is 0 Å². The molecule has 3 nitrogen and oxygen atoms in total. The van der Waals surface area contributed by atoms with Gasteiger partial charge in [-0.05, 0) is 25.2 Å². The molecule has 78 valence electrons. The van der Waals surface area contributed by atoms with Crippen LogP contribution in [0.15, 0.2) is 6.20 Å². The van der Waals surface area contributed by atoms with Crippen LogP contribution in [0.2, 0.25) is 5.15 Å². The van der Waals surface area contributed by atoms with Crippen LogP contribution in [0, 0.1) is 5.92 Å². The minimum absolute atomic E-state index is 0.576. The molecule has 0 aromatic carbocycles. The lowest BCUT2D eigenvalue weighted by atomic mass is 10.1. The number of halogens is 1. The monoisotopic (exact) mass is 213 g/mol. The van der Waals surface area contributed by atoms with Gasteiger partial charge in [-0.25, -0.2) is 0 Å². The molecule has 2 atom stereocenters. The van der Waals surface area contributed by atoms with Gasteiger partial charge in [-0.1, -0.05) is 18.5 Å². The first-order valence-corrected chi connectivity index (χ1v) is 5.48. The normalized spacial score (nSPS) is 26.8. The molecular formula is C10H16ClN3. The standard InChI is InChI=1S/C10H16ClN3/c1-7-3-4-8(5-7)13-9-6-12-14(2)10(9)11/h6-8,13H,3-5H2,1-2H3. The van der Waals surface area contributed by atoms with Crippen molar-refractivity contribution in [1.82, 2.24) is 9.78 Å². The summed E-state index contributed by atoms with van der Waals surface area (Å²) in [6.07, 6.45) is 5.60. The summed E-state index contributed by atoms with van der Waals surface area (Å²) in [7, 11) is 1.85. The summed E-state index contributed by atoms with van der Waals surface area (Å²) in [5.41, 5.74) is 0.966. The van der Waals surface area contributed by atoms with E-state index in [0.29, 0.717) is 11.2 Å². The van der Waals surface area contributed by atoms with Gasteiger partial charge in [-0.2, -0.15) is 5.10 Å². The van der Waals surface area contributed by atoms with Gasteiger partial charge in [0, 0.05) is 13.1 Å². The first-order valence-electron chi connectivity index (χ1n) is 5.11. The van der Waals surface area contributed by atoms with Crippen molar-refractivity contribution >= 4 is 17.3 Å². The van der Waals surface area contributed by atoms with Gasteiger partial charge in [0.05, 0.1) is 11.9 Å². The summed E-state index contributed by atoms with van der Waals surface area (Å²) >= 11 is 6.06. The molecule has 1 aliphatic carbocycles. The Bertz CT molecular complexity index is 321. The lowest BCUT2D eigenvalue weighted by molar-refractivity contribution is 0.602. The topological polar surface area (TPSA) is 29.9 Å². The number of hydrogen-bond acceptors (Lipinski definition) is 2. The van der Waals surface area contributed by atoms with Crippen molar-refractivity contribution in [2.24, 2.45) is 13.0 Å². The molecule has 1 saturated carbocycles. The minimum atomic E-state index is 0.576. The van der Waals surface area contributed by atoms with E-state index in [1.54, 1.807) is 10.9 Å². The largest absolute Gasteiger partial charge is 0.379 e. The lowest BCUT2D eigenvalue weighted by Crippen LogP contribution is -2.15. The summed E-state index contributed by atoms with van der Waals surface area (Å²) < 4.78 is 1.68. The molecule has 4 heteroatoms. The number of nitrogens with zero attached hydrogens (tertiary/aromatic N) is 2. The molecule has 0 amide bonds. The number of nitrogens with one attached hydrogen (secondary N) is 1. The highest BCUT2D eigenvalue weighted by Gasteiger charge is 2.22. The van der Waals surface area contributed by atoms with E-state index in [0.717, 1.165) is 11.6 Å². The summed E-state index contributed by atoms with van der Waals surface area (Å²) in [6.45, 7) is 2.30. The van der Waals surface area contributed by atoms with Gasteiger partial charge in [0.1, 0.15) is 5.15 Å². The van der Waals surface area contributed by atoms with E-state index in [9.17, 15) is 0 Å². The van der Waals surface area contributed by atoms with Crippen molar-refractivity contribution in [1.29, 1.82) is 0 Å². The first kappa shape index (κ1) is 9.84. The highest BCUT2D eigenvalue weighted by atomic mass is 35.5. The molecule has 14 heavy (non-hydrogen) atoms. The number of aromatic nitrogens is 2. The average Bonchev–Trinajstić information content (AvgIpc) is 2.67. The minimum Gasteiger partial charge on any atom is -0.379 e. The Labute approximate surface area is 89.4 Å². The van der Waals surface area contributed by atoms with Crippen LogP contribution in [-0.2, 0) is 7.05 Å². The molecular weight excluding hydrogens is 198 g/mol. The molecule has 2 rings (SSSR count). The van der Waals surface area contributed by atoms with Gasteiger partial charge < -0.3 is 5.32 Å². The Hall–Kier alpha value is -0.700. The molecule has 1 aromatic heterocycles. The molecule has 1 aliphatic rings. The quantitative estimate of drug-likeness (QED) is 0.819. The van der Waals surface area contributed by atoms with Crippen LogP contribution in [-0.4, -0.2) is 15.8 Å². The summed E-state index contributed by atoms with van der Waals surface area (Å²) in [5.74, 6) is 0.836. The molecule has 1 N–H and O–H groups in total. The van der Waals surface area contributed by atoms with E-state index >= 15 is 0 Å². The van der Waals surface area contributed by atoms with Gasteiger partial charge >= 0.3 is 0 Å². The zero-order chi connectivity index (χ0) is 10.1. The smallest absolute Gasteiger partial charge is 0.149 e. The van der Waals surface area contributed by atoms with E-state index in [4.69, 9.17) is 11.6 Å². The Morgan fingerprint density at radius 2 is 2.36 bits per heavy atom. The molecule has 0 radical (unpaired) electrons. The summed E-state index contributed by atoms with van der Waals surface area (Å²) in [4.78, 5) is 0. The van der Waals surface area contributed by atoms with E-state index in [1.807, 2.05) is 7.05 Å². The van der Waals surface area contributed by atoms with Crippen LogP contribution in [0.4, 0.5) is 5.69 Å². The van der Waals surface area contributed by atoms with Crippen molar-refractivity contribution in [3.8, 4) is 0 Å². The predicted molar refractivity (Wildman–Crippen MR) is 58.6 cm³/mol. The second-order valence-corrected chi connectivity index (χ2v) is 4.59. The molecule has 0 aliphatic heterocycles. The number of rotatable bonds is 2. The Balaban J connectivity index is 2.01. The van der Waals surface area contributed by atoms with E-state index in [-0.39, 0.29) is 0 Å². The highest BCUT2D eigenvalue weighted by Crippen LogP contribution is 2.29. The first-order chi connectivity index (χ1) is 6.66. The van der Waals surface area contributed by atoms with Crippen LogP contribution in [0.3, 0.4) is 0 Å². The van der Waals surface area contributed by atoms with Crippen LogP contribution in [0.1, 0.15) is 26.2 Å². The fourth-order valence-corrected chi connectivity index (χ4v) is 2.22. The van der Waals surface area contributed by atoms with Gasteiger partial charge in [0.2, 0.25) is 0 Å². The SMILES string of the molecule is CC1CCC(Nc2cnn(C)c2Cl)C1. The fourth-order valence-electron chi connectivity index (χ4n) is 2.08. The van der Waals surface area contributed by atoms with E-state index in [1.165, 1.54) is 19.3 Å². The van der Waals surface area contributed by atoms with Crippen LogP contribution in [0.5, 0.6) is 0 Å². The van der Waals surface area contributed by atoms with Crippen molar-refractivity contribution in [2.75, 3.05) is 5.32 Å². The number of hydrogen-bond donors (Lipinski definition) is 1. The van der Waals surface area contributed by atoms with Gasteiger partial charge in [-0.3, -0.25) is 4.68 Å². The third kappa shape index (κ3) is 1.87. The maximum absolute atomic E-state index is 6.06. The number of anilines is 1. The van der Waals surface area contributed by atoms with Gasteiger partial charge in [-0.15, -0.1) is 0 Å². The third-order valence-electron chi connectivity index (χ3n) is 2.92. The Morgan fingerprint density at radius 1 is 1.57 bits per heavy atom. The maximum Gasteiger partial charge on any atom is 0.149 e. The second-order valence-electron chi connectivity index (χ2n) is 4.23. The molecule has 1 heterocycles. The average molecular weight is 214 g/mol. The summed E-state index contributed by atoms with van der Waals surface area (Å²) in [5, 5.41) is 8.24. The van der Waals surface area contributed by atoms with E-state index < -0.39 is 0 Å². The Morgan fingerprint density at radius 3 is 2.86 bits per heavy atom. The van der Waals surface area contributed by atoms with Crippen molar-refractivity contribution < 1.29 is 0 Å². The molecule has 2 unspecified atom stereocenters. The van der Waals surface area contributed by atoms with Crippen molar-refractivity contribution in [3.05, 3.63) is 11.3 Å². The maximum atomic E-state index is 6.06. The van der Waals surface area contributed by atoms with Crippen LogP contribution < -0.4 is 5.32 Å². The molecule has 1 fully saturated rings. The van der Waals surface area contributed by atoms with Crippen LogP contribution in [0.25, 0.3) is 0 Å². The lowest BCUT2D eigenvalue weighted by Gasteiger charge is -2.12.